The number of aromatic nitrogens is 1. The second-order valence-electron chi connectivity index (χ2n) is 3.56. The Balaban J connectivity index is 2.26. The number of nitrogens with zero attached hydrogens (tertiary/aromatic N) is 1. The number of anilines is 1. The monoisotopic (exact) mass is 267 g/mol. The van der Waals surface area contributed by atoms with Crippen molar-refractivity contribution in [3.05, 3.63) is 23.9 Å². The topological polar surface area (TPSA) is 78.1 Å². The molecule has 0 unspecified atom stereocenters. The highest BCUT2D eigenvalue weighted by molar-refractivity contribution is 7.80. The molecule has 0 fully saturated rings. The minimum Gasteiger partial charge on any atom is -0.361 e. The van der Waals surface area contributed by atoms with Gasteiger partial charge >= 0.3 is 6.03 Å². The maximum absolute atomic E-state index is 10.9. The number of hydrogen-bond donors (Lipinski definition) is 4. The number of pyridine rings is 1. The van der Waals surface area contributed by atoms with Crippen LogP contribution in [0.5, 0.6) is 0 Å². The number of thiocarbonyl (C=S) groups is 1. The predicted molar refractivity (Wildman–Crippen MR) is 75.7 cm³/mol. The summed E-state index contributed by atoms with van der Waals surface area (Å²) in [6, 6.07) is 3.60. The third kappa shape index (κ3) is 4.96. The third-order valence-corrected chi connectivity index (χ3v) is 2.41. The number of hydrogen-bond acceptors (Lipinski definition) is 3. The Morgan fingerprint density at radius 1 is 1.39 bits per heavy atom. The lowest BCUT2D eigenvalue weighted by atomic mass is 10.3. The van der Waals surface area contributed by atoms with E-state index in [9.17, 15) is 4.79 Å². The molecular formula is C11H17N5OS. The van der Waals surface area contributed by atoms with Crippen molar-refractivity contribution in [2.45, 2.75) is 6.92 Å². The van der Waals surface area contributed by atoms with Crippen LogP contribution in [0.2, 0.25) is 0 Å². The van der Waals surface area contributed by atoms with Gasteiger partial charge in [-0.2, -0.15) is 0 Å². The Bertz CT molecular complexity index is 424. The van der Waals surface area contributed by atoms with Crippen molar-refractivity contribution in [2.75, 3.05) is 25.5 Å². The van der Waals surface area contributed by atoms with Crippen molar-refractivity contribution >= 4 is 29.2 Å². The van der Waals surface area contributed by atoms with E-state index in [-0.39, 0.29) is 6.03 Å². The van der Waals surface area contributed by atoms with Gasteiger partial charge in [0.25, 0.3) is 0 Å². The number of nitrogens with one attached hydrogen (secondary N) is 4. The van der Waals surface area contributed by atoms with Gasteiger partial charge in [-0.25, -0.2) is 9.78 Å². The molecule has 1 aromatic rings. The van der Waals surface area contributed by atoms with Crippen LogP contribution in [0.25, 0.3) is 0 Å². The van der Waals surface area contributed by atoms with Crippen molar-refractivity contribution in [3.63, 3.8) is 0 Å². The second kappa shape index (κ2) is 7.44. The van der Waals surface area contributed by atoms with Crippen molar-refractivity contribution in [1.29, 1.82) is 0 Å². The van der Waals surface area contributed by atoms with Gasteiger partial charge in [-0.05, 0) is 30.8 Å². The SMILES string of the molecule is CNC(=O)NCCNC(=S)Nc1ncccc1C. The lowest BCUT2D eigenvalue weighted by Gasteiger charge is -2.11. The molecule has 0 spiro atoms. The smallest absolute Gasteiger partial charge is 0.314 e. The van der Waals surface area contributed by atoms with Gasteiger partial charge in [-0.1, -0.05) is 6.07 Å². The third-order valence-electron chi connectivity index (χ3n) is 2.16. The first-order chi connectivity index (χ1) is 8.63. The molecule has 0 saturated heterocycles. The van der Waals surface area contributed by atoms with Crippen LogP contribution in [0.15, 0.2) is 18.3 Å². The number of carbonyl (C=O) groups is 1. The van der Waals surface area contributed by atoms with E-state index in [1.54, 1.807) is 13.2 Å². The van der Waals surface area contributed by atoms with Gasteiger partial charge < -0.3 is 21.3 Å². The summed E-state index contributed by atoms with van der Waals surface area (Å²) in [4.78, 5) is 15.1. The van der Waals surface area contributed by atoms with Gasteiger partial charge in [0.15, 0.2) is 5.11 Å². The molecule has 0 bridgehead atoms. The zero-order chi connectivity index (χ0) is 13.4. The molecule has 2 amide bonds. The molecule has 0 aliphatic rings. The van der Waals surface area contributed by atoms with Crippen molar-refractivity contribution in [2.24, 2.45) is 0 Å². The molecule has 0 atom stereocenters. The average molecular weight is 267 g/mol. The second-order valence-corrected chi connectivity index (χ2v) is 3.96. The van der Waals surface area contributed by atoms with E-state index >= 15 is 0 Å². The Labute approximate surface area is 112 Å². The Morgan fingerprint density at radius 3 is 2.78 bits per heavy atom. The number of amides is 2. The Kier molecular flexibility index (Phi) is 5.86. The average Bonchev–Trinajstić information content (AvgIpc) is 2.37. The van der Waals surface area contributed by atoms with Gasteiger partial charge in [0.1, 0.15) is 5.82 Å². The minimum absolute atomic E-state index is 0.212. The van der Waals surface area contributed by atoms with Crippen LogP contribution in [0.3, 0.4) is 0 Å². The van der Waals surface area contributed by atoms with Crippen LogP contribution in [-0.4, -0.2) is 36.3 Å². The van der Waals surface area contributed by atoms with Crippen LogP contribution < -0.4 is 21.3 Å². The van der Waals surface area contributed by atoms with Crippen molar-refractivity contribution in [1.82, 2.24) is 20.9 Å². The fourth-order valence-corrected chi connectivity index (χ4v) is 1.41. The van der Waals surface area contributed by atoms with E-state index in [1.165, 1.54) is 0 Å². The van der Waals surface area contributed by atoms with Gasteiger partial charge in [-0.15, -0.1) is 0 Å². The highest BCUT2D eigenvalue weighted by Crippen LogP contribution is 2.08. The summed E-state index contributed by atoms with van der Waals surface area (Å²) in [6.07, 6.45) is 1.70. The summed E-state index contributed by atoms with van der Waals surface area (Å²) in [5.41, 5.74) is 1.02. The fraction of sp³-hybridized carbons (Fsp3) is 0.364. The largest absolute Gasteiger partial charge is 0.361 e. The van der Waals surface area contributed by atoms with Gasteiger partial charge in [0.2, 0.25) is 0 Å². The highest BCUT2D eigenvalue weighted by atomic mass is 32.1. The minimum atomic E-state index is -0.212. The molecule has 0 aliphatic heterocycles. The van der Waals surface area contributed by atoms with Crippen LogP contribution >= 0.6 is 12.2 Å². The maximum atomic E-state index is 10.9. The number of rotatable bonds is 4. The molecule has 7 heteroatoms. The number of urea groups is 1. The summed E-state index contributed by atoms with van der Waals surface area (Å²) in [5.74, 6) is 0.731. The first-order valence-electron chi connectivity index (χ1n) is 5.55. The van der Waals surface area contributed by atoms with E-state index in [0.717, 1.165) is 11.4 Å². The molecule has 0 saturated carbocycles. The number of carbonyl (C=O) groups excluding carboxylic acids is 1. The van der Waals surface area contributed by atoms with Crippen LogP contribution in [-0.2, 0) is 0 Å². The summed E-state index contributed by atoms with van der Waals surface area (Å²) < 4.78 is 0. The summed E-state index contributed by atoms with van der Waals surface area (Å²) in [5, 5.41) is 11.6. The lowest BCUT2D eigenvalue weighted by Crippen LogP contribution is -2.40. The molecule has 4 N–H and O–H groups in total. The lowest BCUT2D eigenvalue weighted by molar-refractivity contribution is 0.243. The number of aryl methyl sites for hydroxylation is 1. The highest BCUT2D eigenvalue weighted by Gasteiger charge is 2.01. The molecule has 1 aromatic heterocycles. The van der Waals surface area contributed by atoms with Crippen LogP contribution in [0.4, 0.5) is 10.6 Å². The molecule has 98 valence electrons. The normalized spacial score (nSPS) is 9.44. The maximum Gasteiger partial charge on any atom is 0.314 e. The first kappa shape index (κ1) is 14.2. The molecule has 18 heavy (non-hydrogen) atoms. The van der Waals surface area contributed by atoms with E-state index in [2.05, 4.69) is 26.3 Å². The zero-order valence-electron chi connectivity index (χ0n) is 10.4. The predicted octanol–water partition coefficient (Wildman–Crippen LogP) is 0.605. The van der Waals surface area contributed by atoms with Crippen molar-refractivity contribution < 1.29 is 4.79 Å². The molecule has 0 aromatic carbocycles. The van der Waals surface area contributed by atoms with E-state index < -0.39 is 0 Å². The van der Waals surface area contributed by atoms with E-state index in [4.69, 9.17) is 12.2 Å². The van der Waals surface area contributed by atoms with Crippen LogP contribution in [0.1, 0.15) is 5.56 Å². The molecule has 6 nitrogen and oxygen atoms in total. The van der Waals surface area contributed by atoms with E-state index in [1.807, 2.05) is 19.1 Å². The molecule has 0 radical (unpaired) electrons. The molecule has 1 rings (SSSR count). The molecule has 1 heterocycles. The summed E-state index contributed by atoms with van der Waals surface area (Å²) in [6.45, 7) is 2.99. The quantitative estimate of drug-likeness (QED) is 0.475. The summed E-state index contributed by atoms with van der Waals surface area (Å²) >= 11 is 5.11. The molecule has 0 aliphatic carbocycles. The Morgan fingerprint density at radius 2 is 2.11 bits per heavy atom. The fourth-order valence-electron chi connectivity index (χ4n) is 1.21. The molecular weight excluding hydrogens is 250 g/mol. The van der Waals surface area contributed by atoms with Gasteiger partial charge in [0, 0.05) is 26.3 Å². The first-order valence-corrected chi connectivity index (χ1v) is 5.96. The van der Waals surface area contributed by atoms with Crippen molar-refractivity contribution in [3.8, 4) is 0 Å². The van der Waals surface area contributed by atoms with E-state index in [0.29, 0.717) is 18.2 Å². The van der Waals surface area contributed by atoms with Gasteiger partial charge in [-0.3, -0.25) is 0 Å². The zero-order valence-corrected chi connectivity index (χ0v) is 11.2. The summed E-state index contributed by atoms with van der Waals surface area (Å²) in [7, 11) is 1.57. The Hall–Kier alpha value is -1.89. The van der Waals surface area contributed by atoms with Crippen LogP contribution in [0, 0.1) is 6.92 Å². The standard InChI is InChI=1S/C11H17N5OS/c1-8-4-3-5-13-9(8)16-11(18)15-7-6-14-10(17)12-2/h3-5H,6-7H2,1-2H3,(H2,12,14,17)(H2,13,15,16,18). The van der Waals surface area contributed by atoms with Gasteiger partial charge in [0.05, 0.1) is 0 Å².